The van der Waals surface area contributed by atoms with Crippen molar-refractivity contribution in [2.45, 2.75) is 13.3 Å². The first kappa shape index (κ1) is 18.8. The van der Waals surface area contributed by atoms with Gasteiger partial charge >= 0.3 is 5.97 Å². The summed E-state index contributed by atoms with van der Waals surface area (Å²) in [5.74, 6) is -0.0661. The average molecular weight is 342 g/mol. The lowest BCUT2D eigenvalue weighted by Gasteiger charge is -2.12. The highest BCUT2D eigenvalue weighted by Gasteiger charge is 2.11. The van der Waals surface area contributed by atoms with E-state index in [-0.39, 0.29) is 12.5 Å². The van der Waals surface area contributed by atoms with Crippen molar-refractivity contribution < 1.29 is 23.8 Å². The standard InChI is InChI=1S/C16H20ClNO5/c1-4-7-22-16-12(17)8-11(9-13(16)21-3)5-6-15(20)23-10-14(19)18-2/h5-6,8-9H,4,7,10H2,1-3H3,(H,18,19)/b6-5+. The molecular formula is C16H20ClNO5. The maximum Gasteiger partial charge on any atom is 0.331 e. The highest BCUT2D eigenvalue weighted by Crippen LogP contribution is 2.36. The van der Waals surface area contributed by atoms with E-state index in [0.29, 0.717) is 28.7 Å². The summed E-state index contributed by atoms with van der Waals surface area (Å²) >= 11 is 6.18. The van der Waals surface area contributed by atoms with Crippen LogP contribution in [0.25, 0.3) is 6.08 Å². The van der Waals surface area contributed by atoms with Crippen molar-refractivity contribution >= 4 is 29.6 Å². The molecule has 126 valence electrons. The molecule has 0 unspecified atom stereocenters. The van der Waals surface area contributed by atoms with Gasteiger partial charge in [0.25, 0.3) is 5.91 Å². The maximum absolute atomic E-state index is 11.5. The summed E-state index contributed by atoms with van der Waals surface area (Å²) in [5, 5.41) is 2.74. The van der Waals surface area contributed by atoms with Crippen molar-refractivity contribution in [3.05, 3.63) is 28.8 Å². The molecule has 0 saturated heterocycles. The summed E-state index contributed by atoms with van der Waals surface area (Å²) < 4.78 is 15.6. The molecule has 0 aliphatic heterocycles. The lowest BCUT2D eigenvalue weighted by Crippen LogP contribution is -2.24. The number of carbonyl (C=O) groups is 2. The number of nitrogens with one attached hydrogen (secondary N) is 1. The van der Waals surface area contributed by atoms with E-state index in [2.05, 4.69) is 5.32 Å². The molecule has 0 aromatic heterocycles. The molecular weight excluding hydrogens is 322 g/mol. The molecule has 0 radical (unpaired) electrons. The molecule has 23 heavy (non-hydrogen) atoms. The van der Waals surface area contributed by atoms with Crippen LogP contribution in [-0.4, -0.2) is 39.2 Å². The molecule has 0 fully saturated rings. The van der Waals surface area contributed by atoms with Gasteiger partial charge in [0, 0.05) is 13.1 Å². The van der Waals surface area contributed by atoms with Crippen molar-refractivity contribution in [3.63, 3.8) is 0 Å². The molecule has 7 heteroatoms. The van der Waals surface area contributed by atoms with Gasteiger partial charge in [0.15, 0.2) is 18.1 Å². The van der Waals surface area contributed by atoms with Crippen LogP contribution in [0.1, 0.15) is 18.9 Å². The minimum absolute atomic E-state index is 0.326. The largest absolute Gasteiger partial charge is 0.493 e. The fourth-order valence-corrected chi connectivity index (χ4v) is 1.88. The molecule has 0 aliphatic carbocycles. The number of esters is 1. The fraction of sp³-hybridized carbons (Fsp3) is 0.375. The molecule has 0 aliphatic rings. The highest BCUT2D eigenvalue weighted by molar-refractivity contribution is 6.32. The predicted octanol–water partition coefficient (Wildman–Crippen LogP) is 2.44. The minimum Gasteiger partial charge on any atom is -0.493 e. The molecule has 1 amide bonds. The summed E-state index contributed by atoms with van der Waals surface area (Å²) in [5.41, 5.74) is 0.646. The van der Waals surface area contributed by atoms with Gasteiger partial charge in [-0.1, -0.05) is 18.5 Å². The van der Waals surface area contributed by atoms with Crippen molar-refractivity contribution in [3.8, 4) is 11.5 Å². The Morgan fingerprint density at radius 2 is 2.09 bits per heavy atom. The fourth-order valence-electron chi connectivity index (χ4n) is 1.60. The van der Waals surface area contributed by atoms with Crippen molar-refractivity contribution in [1.29, 1.82) is 0 Å². The van der Waals surface area contributed by atoms with Crippen LogP contribution in [0.3, 0.4) is 0 Å². The van der Waals surface area contributed by atoms with E-state index in [4.69, 9.17) is 25.8 Å². The van der Waals surface area contributed by atoms with Crippen molar-refractivity contribution in [2.75, 3.05) is 27.4 Å². The van der Waals surface area contributed by atoms with Gasteiger partial charge in [-0.25, -0.2) is 4.79 Å². The van der Waals surface area contributed by atoms with Gasteiger partial charge in [0.2, 0.25) is 0 Å². The third-order valence-electron chi connectivity index (χ3n) is 2.74. The zero-order valence-electron chi connectivity index (χ0n) is 13.3. The van der Waals surface area contributed by atoms with Crippen LogP contribution in [0.15, 0.2) is 18.2 Å². The minimum atomic E-state index is -0.630. The first-order chi connectivity index (χ1) is 11.0. The summed E-state index contributed by atoms with van der Waals surface area (Å²) in [6.07, 6.45) is 3.57. The predicted molar refractivity (Wildman–Crippen MR) is 87.8 cm³/mol. The lowest BCUT2D eigenvalue weighted by atomic mass is 10.2. The number of likely N-dealkylation sites (N-methyl/N-ethyl adjacent to an activating group) is 1. The molecule has 0 heterocycles. The van der Waals surface area contributed by atoms with Gasteiger partial charge in [-0.3, -0.25) is 4.79 Å². The third-order valence-corrected chi connectivity index (χ3v) is 3.02. The molecule has 0 spiro atoms. The Hall–Kier alpha value is -2.21. The Morgan fingerprint density at radius 1 is 1.35 bits per heavy atom. The monoisotopic (exact) mass is 341 g/mol. The summed E-state index contributed by atoms with van der Waals surface area (Å²) in [4.78, 5) is 22.5. The Balaban J connectivity index is 2.80. The van der Waals surface area contributed by atoms with Crippen molar-refractivity contribution in [1.82, 2.24) is 5.32 Å². The summed E-state index contributed by atoms with van der Waals surface area (Å²) in [6.45, 7) is 2.19. The Bertz CT molecular complexity index is 586. The van der Waals surface area contributed by atoms with Crippen molar-refractivity contribution in [2.24, 2.45) is 0 Å². The second-order valence-corrected chi connectivity index (χ2v) is 4.90. The zero-order chi connectivity index (χ0) is 17.2. The SMILES string of the molecule is CCCOc1c(Cl)cc(/C=C/C(=O)OCC(=O)NC)cc1OC. The quantitative estimate of drug-likeness (QED) is 0.580. The van der Waals surface area contributed by atoms with Crippen LogP contribution < -0.4 is 14.8 Å². The van der Waals surface area contributed by atoms with E-state index >= 15 is 0 Å². The number of benzene rings is 1. The third kappa shape index (κ3) is 6.20. The first-order valence-corrected chi connectivity index (χ1v) is 7.45. The molecule has 1 aromatic carbocycles. The van der Waals surface area contributed by atoms with Gasteiger partial charge in [-0.2, -0.15) is 0 Å². The van der Waals surface area contributed by atoms with E-state index in [1.807, 2.05) is 6.92 Å². The second kappa shape index (κ2) is 9.74. The number of halogens is 1. The Kier molecular flexibility index (Phi) is 7.97. The smallest absolute Gasteiger partial charge is 0.331 e. The van der Waals surface area contributed by atoms with Crippen LogP contribution in [0, 0.1) is 0 Å². The van der Waals surface area contributed by atoms with Gasteiger partial charge in [0.1, 0.15) is 0 Å². The van der Waals surface area contributed by atoms with Crippen LogP contribution in [-0.2, 0) is 14.3 Å². The van der Waals surface area contributed by atoms with Crippen LogP contribution >= 0.6 is 11.6 Å². The summed E-state index contributed by atoms with van der Waals surface area (Å²) in [7, 11) is 2.97. The Morgan fingerprint density at radius 3 is 2.70 bits per heavy atom. The van der Waals surface area contributed by atoms with Crippen LogP contribution in [0.2, 0.25) is 5.02 Å². The maximum atomic E-state index is 11.5. The van der Waals surface area contributed by atoms with E-state index in [0.717, 1.165) is 6.42 Å². The van der Waals surface area contributed by atoms with Gasteiger partial charge < -0.3 is 19.5 Å². The molecule has 1 N–H and O–H groups in total. The zero-order valence-corrected chi connectivity index (χ0v) is 14.1. The molecule has 0 atom stereocenters. The number of hydrogen-bond donors (Lipinski definition) is 1. The normalized spacial score (nSPS) is 10.4. The average Bonchev–Trinajstić information content (AvgIpc) is 2.56. The number of ether oxygens (including phenoxy) is 3. The number of methoxy groups -OCH3 is 1. The molecule has 1 rings (SSSR count). The number of rotatable bonds is 8. The van der Waals surface area contributed by atoms with E-state index in [1.165, 1.54) is 26.3 Å². The van der Waals surface area contributed by atoms with E-state index < -0.39 is 5.97 Å². The molecule has 0 saturated carbocycles. The van der Waals surface area contributed by atoms with E-state index in [1.54, 1.807) is 12.1 Å². The topological polar surface area (TPSA) is 73.9 Å². The Labute approximate surface area is 140 Å². The summed E-state index contributed by atoms with van der Waals surface area (Å²) in [6, 6.07) is 3.34. The molecule has 6 nitrogen and oxygen atoms in total. The number of hydrogen-bond acceptors (Lipinski definition) is 5. The second-order valence-electron chi connectivity index (χ2n) is 4.50. The van der Waals surface area contributed by atoms with Gasteiger partial charge in [0.05, 0.1) is 18.7 Å². The number of amides is 1. The molecule has 0 bridgehead atoms. The lowest BCUT2D eigenvalue weighted by molar-refractivity contribution is -0.143. The highest BCUT2D eigenvalue weighted by atomic mass is 35.5. The van der Waals surface area contributed by atoms with E-state index in [9.17, 15) is 9.59 Å². The van der Waals surface area contributed by atoms with Crippen LogP contribution in [0.4, 0.5) is 0 Å². The van der Waals surface area contributed by atoms with Gasteiger partial charge in [-0.05, 0) is 30.2 Å². The molecule has 1 aromatic rings. The van der Waals surface area contributed by atoms with Gasteiger partial charge in [-0.15, -0.1) is 0 Å². The van der Waals surface area contributed by atoms with Crippen LogP contribution in [0.5, 0.6) is 11.5 Å². The first-order valence-electron chi connectivity index (χ1n) is 7.07. The number of carbonyl (C=O) groups excluding carboxylic acids is 2.